The number of hydrogen-bond donors (Lipinski definition) is 1. The van der Waals surface area contributed by atoms with Gasteiger partial charge in [-0.3, -0.25) is 4.98 Å². The van der Waals surface area contributed by atoms with Gasteiger partial charge in [-0.05, 0) is 34.1 Å². The van der Waals surface area contributed by atoms with E-state index < -0.39 is 0 Å². The minimum atomic E-state index is 0.609. The maximum Gasteiger partial charge on any atom is 0.150 e. The first-order valence-corrected chi connectivity index (χ1v) is 5.18. The molecular weight excluding hydrogens is 256 g/mol. The molecule has 0 aliphatic carbocycles. The van der Waals surface area contributed by atoms with Crippen molar-refractivity contribution in [2.24, 2.45) is 0 Å². The van der Waals surface area contributed by atoms with Crippen LogP contribution in [-0.4, -0.2) is 4.98 Å². The Kier molecular flexibility index (Phi) is 2.87. The van der Waals surface area contributed by atoms with E-state index in [4.69, 9.17) is 10.5 Å². The number of ether oxygens (including phenoxy) is 1. The lowest BCUT2D eigenvalue weighted by Crippen LogP contribution is -1.91. The van der Waals surface area contributed by atoms with Crippen molar-refractivity contribution in [3.8, 4) is 11.5 Å². The predicted molar refractivity (Wildman–Crippen MR) is 62.9 cm³/mol. The molecule has 15 heavy (non-hydrogen) atoms. The van der Waals surface area contributed by atoms with Gasteiger partial charge in [0, 0.05) is 10.7 Å². The Morgan fingerprint density at radius 3 is 2.73 bits per heavy atom. The summed E-state index contributed by atoms with van der Waals surface area (Å²) in [4.78, 5) is 4.00. The molecule has 4 heteroatoms. The van der Waals surface area contributed by atoms with E-state index in [9.17, 15) is 0 Å². The van der Waals surface area contributed by atoms with Gasteiger partial charge >= 0.3 is 0 Å². The van der Waals surface area contributed by atoms with Crippen LogP contribution in [0.4, 0.5) is 5.69 Å². The Labute approximate surface area is 96.0 Å². The molecule has 0 saturated carbocycles. The second kappa shape index (κ2) is 4.31. The lowest BCUT2D eigenvalue weighted by molar-refractivity contribution is 0.482. The molecule has 1 aromatic heterocycles. The van der Waals surface area contributed by atoms with Crippen LogP contribution in [0.25, 0.3) is 0 Å². The highest BCUT2D eigenvalue weighted by Crippen LogP contribution is 2.27. The van der Waals surface area contributed by atoms with Gasteiger partial charge in [-0.15, -0.1) is 0 Å². The van der Waals surface area contributed by atoms with Crippen LogP contribution in [0, 0.1) is 0 Å². The number of para-hydroxylation sites is 2. The normalized spacial score (nSPS) is 9.93. The molecular formula is C11H9BrN2O. The highest BCUT2D eigenvalue weighted by atomic mass is 79.9. The number of rotatable bonds is 2. The summed E-state index contributed by atoms with van der Waals surface area (Å²) in [5.41, 5.74) is 6.36. The Morgan fingerprint density at radius 1 is 1.20 bits per heavy atom. The van der Waals surface area contributed by atoms with E-state index in [-0.39, 0.29) is 0 Å². The SMILES string of the molecule is Nc1ccccc1Oc1cncc(Br)c1. The molecule has 0 aliphatic heterocycles. The van der Waals surface area contributed by atoms with Crippen LogP contribution in [0.1, 0.15) is 0 Å². The summed E-state index contributed by atoms with van der Waals surface area (Å²) in [6.07, 6.45) is 3.33. The molecule has 3 nitrogen and oxygen atoms in total. The molecule has 2 rings (SSSR count). The van der Waals surface area contributed by atoms with Gasteiger partial charge in [0.25, 0.3) is 0 Å². The van der Waals surface area contributed by atoms with Crippen LogP contribution >= 0.6 is 15.9 Å². The second-order valence-corrected chi connectivity index (χ2v) is 3.89. The predicted octanol–water partition coefficient (Wildman–Crippen LogP) is 3.22. The van der Waals surface area contributed by atoms with Crippen LogP contribution in [0.5, 0.6) is 11.5 Å². The molecule has 0 unspecified atom stereocenters. The molecule has 0 aliphatic rings. The fraction of sp³-hybridized carbons (Fsp3) is 0. The van der Waals surface area contributed by atoms with E-state index in [2.05, 4.69) is 20.9 Å². The van der Waals surface area contributed by atoms with Crippen LogP contribution in [0.3, 0.4) is 0 Å². The number of nitrogen functional groups attached to an aromatic ring is 1. The number of benzene rings is 1. The lowest BCUT2D eigenvalue weighted by atomic mass is 10.3. The van der Waals surface area contributed by atoms with Gasteiger partial charge in [-0.1, -0.05) is 12.1 Å². The fourth-order valence-corrected chi connectivity index (χ4v) is 1.49. The summed E-state index contributed by atoms with van der Waals surface area (Å²) in [5.74, 6) is 1.29. The third-order valence-electron chi connectivity index (χ3n) is 1.83. The van der Waals surface area contributed by atoms with Gasteiger partial charge in [0.2, 0.25) is 0 Å². The molecule has 76 valence electrons. The molecule has 1 aromatic carbocycles. The monoisotopic (exact) mass is 264 g/mol. The number of pyridine rings is 1. The van der Waals surface area contributed by atoms with E-state index in [0.717, 1.165) is 4.47 Å². The molecule has 0 atom stereocenters. The zero-order valence-corrected chi connectivity index (χ0v) is 9.44. The van der Waals surface area contributed by atoms with E-state index in [1.165, 1.54) is 0 Å². The first-order chi connectivity index (χ1) is 7.25. The zero-order valence-electron chi connectivity index (χ0n) is 7.85. The standard InChI is InChI=1S/C11H9BrN2O/c12-8-5-9(7-14-6-8)15-11-4-2-1-3-10(11)13/h1-7H,13H2. The van der Waals surface area contributed by atoms with Gasteiger partial charge in [0.15, 0.2) is 0 Å². The average Bonchev–Trinajstić information content (AvgIpc) is 2.22. The van der Waals surface area contributed by atoms with Crippen LogP contribution in [0.2, 0.25) is 0 Å². The Balaban J connectivity index is 2.26. The maximum atomic E-state index is 5.75. The second-order valence-electron chi connectivity index (χ2n) is 2.98. The average molecular weight is 265 g/mol. The molecule has 0 saturated heterocycles. The van der Waals surface area contributed by atoms with Crippen LogP contribution in [-0.2, 0) is 0 Å². The molecule has 1 heterocycles. The van der Waals surface area contributed by atoms with E-state index >= 15 is 0 Å². The van der Waals surface area contributed by atoms with Crippen molar-refractivity contribution in [3.63, 3.8) is 0 Å². The summed E-state index contributed by atoms with van der Waals surface area (Å²) in [6.45, 7) is 0. The van der Waals surface area contributed by atoms with Crippen molar-refractivity contribution in [3.05, 3.63) is 47.2 Å². The van der Waals surface area contributed by atoms with Gasteiger partial charge < -0.3 is 10.5 Å². The van der Waals surface area contributed by atoms with E-state index in [1.807, 2.05) is 24.3 Å². The molecule has 2 N–H and O–H groups in total. The van der Waals surface area contributed by atoms with Crippen molar-refractivity contribution in [1.82, 2.24) is 4.98 Å². The summed E-state index contributed by atoms with van der Waals surface area (Å²) >= 11 is 3.32. The third-order valence-corrected chi connectivity index (χ3v) is 2.26. The number of nitrogens with two attached hydrogens (primary N) is 1. The first-order valence-electron chi connectivity index (χ1n) is 4.38. The Bertz CT molecular complexity index is 474. The van der Waals surface area contributed by atoms with Gasteiger partial charge in [0.05, 0.1) is 11.9 Å². The van der Waals surface area contributed by atoms with Crippen molar-refractivity contribution in [2.75, 3.05) is 5.73 Å². The minimum absolute atomic E-state index is 0.609. The highest BCUT2D eigenvalue weighted by molar-refractivity contribution is 9.10. The van der Waals surface area contributed by atoms with E-state index in [0.29, 0.717) is 17.2 Å². The summed E-state index contributed by atoms with van der Waals surface area (Å²) < 4.78 is 6.44. The summed E-state index contributed by atoms with van der Waals surface area (Å²) in [6, 6.07) is 9.18. The van der Waals surface area contributed by atoms with Crippen molar-refractivity contribution in [1.29, 1.82) is 0 Å². The summed E-state index contributed by atoms with van der Waals surface area (Å²) in [5, 5.41) is 0. The number of anilines is 1. The number of hydrogen-bond acceptors (Lipinski definition) is 3. The number of nitrogens with zero attached hydrogens (tertiary/aromatic N) is 1. The number of halogens is 1. The fourth-order valence-electron chi connectivity index (χ4n) is 1.15. The molecule has 0 spiro atoms. The maximum absolute atomic E-state index is 5.75. The van der Waals surface area contributed by atoms with Crippen LogP contribution < -0.4 is 10.5 Å². The minimum Gasteiger partial charge on any atom is -0.454 e. The zero-order chi connectivity index (χ0) is 10.7. The van der Waals surface area contributed by atoms with Crippen molar-refractivity contribution >= 4 is 21.6 Å². The molecule has 0 radical (unpaired) electrons. The van der Waals surface area contributed by atoms with Gasteiger partial charge in [0.1, 0.15) is 11.5 Å². The van der Waals surface area contributed by atoms with Crippen molar-refractivity contribution in [2.45, 2.75) is 0 Å². The largest absolute Gasteiger partial charge is 0.454 e. The molecule has 2 aromatic rings. The smallest absolute Gasteiger partial charge is 0.150 e. The Morgan fingerprint density at radius 2 is 2.00 bits per heavy atom. The number of aromatic nitrogens is 1. The first kappa shape index (κ1) is 9.98. The molecule has 0 bridgehead atoms. The van der Waals surface area contributed by atoms with Gasteiger partial charge in [-0.2, -0.15) is 0 Å². The third kappa shape index (κ3) is 2.47. The topological polar surface area (TPSA) is 48.1 Å². The molecule has 0 amide bonds. The summed E-state index contributed by atoms with van der Waals surface area (Å²) in [7, 11) is 0. The lowest BCUT2D eigenvalue weighted by Gasteiger charge is -2.07. The van der Waals surface area contributed by atoms with Gasteiger partial charge in [-0.25, -0.2) is 0 Å². The van der Waals surface area contributed by atoms with Crippen molar-refractivity contribution < 1.29 is 4.74 Å². The quantitative estimate of drug-likeness (QED) is 0.848. The van der Waals surface area contributed by atoms with E-state index in [1.54, 1.807) is 18.5 Å². The Hall–Kier alpha value is -1.55. The van der Waals surface area contributed by atoms with Crippen LogP contribution in [0.15, 0.2) is 47.2 Å². The molecule has 0 fully saturated rings. The highest BCUT2D eigenvalue weighted by Gasteiger charge is 2.01.